The summed E-state index contributed by atoms with van der Waals surface area (Å²) in [5, 5.41) is -0.798. The number of methoxy groups -OCH3 is 1. The predicted octanol–water partition coefficient (Wildman–Crippen LogP) is 1.07. The van der Waals surface area contributed by atoms with E-state index < -0.39 is 15.1 Å². The first-order chi connectivity index (χ1) is 7.77. The summed E-state index contributed by atoms with van der Waals surface area (Å²) in [7, 11) is -1.74. The van der Waals surface area contributed by atoms with Crippen LogP contribution >= 0.6 is 15.9 Å². The van der Waals surface area contributed by atoms with Gasteiger partial charge in [-0.1, -0.05) is 0 Å². The lowest BCUT2D eigenvalue weighted by atomic mass is 10.3. The van der Waals surface area contributed by atoms with E-state index in [1.165, 1.54) is 14.0 Å². The van der Waals surface area contributed by atoms with Crippen LogP contribution in [-0.2, 0) is 21.2 Å². The third kappa shape index (κ3) is 3.36. The second-order valence-corrected chi connectivity index (χ2v) is 6.79. The Labute approximate surface area is 109 Å². The van der Waals surface area contributed by atoms with E-state index in [2.05, 4.69) is 25.9 Å². The van der Waals surface area contributed by atoms with Crippen molar-refractivity contribution in [1.29, 1.82) is 0 Å². The summed E-state index contributed by atoms with van der Waals surface area (Å²) in [5.41, 5.74) is 6.22. The molecule has 1 aromatic heterocycles. The number of nitrogens with zero attached hydrogens (tertiary/aromatic N) is 2. The molecule has 0 amide bonds. The lowest BCUT2D eigenvalue weighted by molar-refractivity contribution is 0.180. The van der Waals surface area contributed by atoms with Crippen LogP contribution in [0, 0.1) is 0 Å². The first-order valence-corrected chi connectivity index (χ1v) is 7.51. The zero-order chi connectivity index (χ0) is 13.2. The van der Waals surface area contributed by atoms with E-state index in [1.807, 2.05) is 0 Å². The average molecular weight is 324 g/mol. The van der Waals surface area contributed by atoms with Crippen LogP contribution in [0.3, 0.4) is 0 Å². The van der Waals surface area contributed by atoms with Crippen molar-refractivity contribution < 1.29 is 13.2 Å². The maximum absolute atomic E-state index is 11.4. The molecule has 0 saturated carbocycles. The normalized spacial score (nSPS) is 13.6. The smallest absolute Gasteiger partial charge is 0.157 e. The van der Waals surface area contributed by atoms with Crippen molar-refractivity contribution in [3.05, 3.63) is 16.0 Å². The first-order valence-electron chi connectivity index (χ1n) is 4.77. The summed E-state index contributed by atoms with van der Waals surface area (Å²) >= 11 is 3.24. The summed E-state index contributed by atoms with van der Waals surface area (Å²) in [6.45, 7) is 1.76. The van der Waals surface area contributed by atoms with Gasteiger partial charge in [-0.05, 0) is 22.9 Å². The van der Waals surface area contributed by atoms with E-state index in [0.29, 0.717) is 10.2 Å². The number of hydrogen-bond acceptors (Lipinski definition) is 6. The molecule has 1 heterocycles. The van der Waals surface area contributed by atoms with Gasteiger partial charge in [0, 0.05) is 13.4 Å². The van der Waals surface area contributed by atoms with Gasteiger partial charge < -0.3 is 10.5 Å². The maximum Gasteiger partial charge on any atom is 0.157 e. The number of aromatic nitrogens is 2. The molecule has 0 radical (unpaired) electrons. The van der Waals surface area contributed by atoms with Gasteiger partial charge in [-0.15, -0.1) is 0 Å². The minimum atomic E-state index is -3.25. The molecule has 1 unspecified atom stereocenters. The molecule has 1 rings (SSSR count). The van der Waals surface area contributed by atoms with E-state index in [-0.39, 0.29) is 18.2 Å². The van der Waals surface area contributed by atoms with Crippen LogP contribution in [-0.4, -0.2) is 31.8 Å². The highest BCUT2D eigenvalue weighted by Gasteiger charge is 2.22. The largest absolute Gasteiger partial charge is 0.383 e. The van der Waals surface area contributed by atoms with Gasteiger partial charge in [-0.2, -0.15) is 0 Å². The fourth-order valence-corrected chi connectivity index (χ4v) is 1.92. The monoisotopic (exact) mass is 323 g/mol. The number of anilines is 1. The maximum atomic E-state index is 11.4. The molecular formula is C9H14BrN3O3S. The molecule has 17 heavy (non-hydrogen) atoms. The predicted molar refractivity (Wildman–Crippen MR) is 68.1 cm³/mol. The quantitative estimate of drug-likeness (QED) is 0.890. The van der Waals surface area contributed by atoms with Crippen LogP contribution < -0.4 is 5.73 Å². The Kier molecular flexibility index (Phi) is 4.45. The highest BCUT2D eigenvalue weighted by atomic mass is 79.9. The summed E-state index contributed by atoms with van der Waals surface area (Å²) in [5.74, 6) is 0.387. The number of nitrogen functional groups attached to an aromatic ring is 1. The molecule has 0 aliphatic rings. The SMILES string of the molecule is COCc1nc(C(C)S(C)(=O)=O)nc(N)c1Br. The van der Waals surface area contributed by atoms with E-state index >= 15 is 0 Å². The third-order valence-corrected chi connectivity index (χ3v) is 4.61. The van der Waals surface area contributed by atoms with Crippen LogP contribution in [0.2, 0.25) is 0 Å². The summed E-state index contributed by atoms with van der Waals surface area (Å²) in [6, 6.07) is 0. The number of hydrogen-bond donors (Lipinski definition) is 1. The van der Waals surface area contributed by atoms with E-state index in [9.17, 15) is 8.42 Å². The lowest BCUT2D eigenvalue weighted by Crippen LogP contribution is -2.14. The molecule has 0 saturated heterocycles. The topological polar surface area (TPSA) is 95.2 Å². The molecule has 0 aliphatic carbocycles. The molecule has 0 aromatic carbocycles. The van der Waals surface area contributed by atoms with Gasteiger partial charge in [-0.3, -0.25) is 0 Å². The van der Waals surface area contributed by atoms with Crippen molar-refractivity contribution in [3.8, 4) is 0 Å². The number of nitrogens with two attached hydrogens (primary N) is 1. The average Bonchev–Trinajstić information content (AvgIpc) is 2.22. The second-order valence-electron chi connectivity index (χ2n) is 3.63. The molecule has 1 aromatic rings. The van der Waals surface area contributed by atoms with Crippen LogP contribution in [0.5, 0.6) is 0 Å². The van der Waals surface area contributed by atoms with Gasteiger partial charge in [-0.25, -0.2) is 18.4 Å². The van der Waals surface area contributed by atoms with Crippen molar-refractivity contribution in [1.82, 2.24) is 9.97 Å². The molecule has 2 N–H and O–H groups in total. The van der Waals surface area contributed by atoms with Crippen molar-refractivity contribution in [2.75, 3.05) is 19.1 Å². The Balaban J connectivity index is 3.28. The highest BCUT2D eigenvalue weighted by molar-refractivity contribution is 9.10. The van der Waals surface area contributed by atoms with Gasteiger partial charge >= 0.3 is 0 Å². The molecule has 6 nitrogen and oxygen atoms in total. The minimum absolute atomic E-state index is 0.181. The second kappa shape index (κ2) is 5.28. The Bertz CT molecular complexity index is 518. The Morgan fingerprint density at radius 3 is 2.53 bits per heavy atom. The lowest BCUT2D eigenvalue weighted by Gasteiger charge is -2.12. The van der Waals surface area contributed by atoms with Gasteiger partial charge in [0.1, 0.15) is 16.9 Å². The summed E-state index contributed by atoms with van der Waals surface area (Å²) in [6.07, 6.45) is 1.13. The fraction of sp³-hybridized carbons (Fsp3) is 0.556. The molecule has 96 valence electrons. The van der Waals surface area contributed by atoms with E-state index in [4.69, 9.17) is 10.5 Å². The van der Waals surface area contributed by atoms with Gasteiger partial charge in [0.05, 0.1) is 16.8 Å². The van der Waals surface area contributed by atoms with Gasteiger partial charge in [0.15, 0.2) is 9.84 Å². The van der Waals surface area contributed by atoms with Gasteiger partial charge in [0.2, 0.25) is 0 Å². The van der Waals surface area contributed by atoms with Crippen molar-refractivity contribution >= 4 is 31.6 Å². The molecule has 8 heteroatoms. The zero-order valence-corrected chi connectivity index (χ0v) is 12.2. The van der Waals surface area contributed by atoms with Crippen molar-refractivity contribution in [3.63, 3.8) is 0 Å². The first kappa shape index (κ1) is 14.3. The van der Waals surface area contributed by atoms with Crippen molar-refractivity contribution in [2.24, 2.45) is 0 Å². The number of sulfone groups is 1. The van der Waals surface area contributed by atoms with Crippen LogP contribution in [0.25, 0.3) is 0 Å². The summed E-state index contributed by atoms with van der Waals surface area (Å²) < 4.78 is 28.4. The zero-order valence-electron chi connectivity index (χ0n) is 9.77. The Morgan fingerprint density at radius 2 is 2.06 bits per heavy atom. The summed E-state index contributed by atoms with van der Waals surface area (Å²) in [4.78, 5) is 8.11. The Hall–Kier alpha value is -0.730. The number of ether oxygens (including phenoxy) is 1. The molecular weight excluding hydrogens is 310 g/mol. The van der Waals surface area contributed by atoms with Crippen LogP contribution in [0.4, 0.5) is 5.82 Å². The molecule has 0 spiro atoms. The molecule has 1 atom stereocenters. The molecule has 0 bridgehead atoms. The highest BCUT2D eigenvalue weighted by Crippen LogP contribution is 2.25. The molecule has 0 aliphatic heterocycles. The number of halogens is 1. The standard InChI is InChI=1S/C9H14BrN3O3S/c1-5(17(3,14)15)9-12-6(4-16-2)7(10)8(11)13-9/h5H,4H2,1-3H3,(H2,11,12,13). The number of rotatable bonds is 4. The minimum Gasteiger partial charge on any atom is -0.383 e. The van der Waals surface area contributed by atoms with Crippen molar-refractivity contribution in [2.45, 2.75) is 18.8 Å². The van der Waals surface area contributed by atoms with E-state index in [1.54, 1.807) is 0 Å². The van der Waals surface area contributed by atoms with Gasteiger partial charge in [0.25, 0.3) is 0 Å². The third-order valence-electron chi connectivity index (χ3n) is 2.25. The van der Waals surface area contributed by atoms with E-state index in [0.717, 1.165) is 6.26 Å². The Morgan fingerprint density at radius 1 is 1.47 bits per heavy atom. The van der Waals surface area contributed by atoms with Crippen LogP contribution in [0.15, 0.2) is 4.47 Å². The van der Waals surface area contributed by atoms with Crippen LogP contribution in [0.1, 0.15) is 23.7 Å². The fourth-order valence-electron chi connectivity index (χ4n) is 1.14. The molecule has 0 fully saturated rings.